The zero-order valence-corrected chi connectivity index (χ0v) is 11.0. The molecular formula is C14H16O3S. The lowest BCUT2D eigenvalue weighted by Gasteiger charge is -2.17. The largest absolute Gasteiger partial charge is 0.390 e. The molecule has 0 amide bonds. The molecule has 0 aromatic heterocycles. The van der Waals surface area contributed by atoms with Crippen LogP contribution in [-0.4, -0.2) is 27.2 Å². The maximum atomic E-state index is 10.7. The van der Waals surface area contributed by atoms with Gasteiger partial charge >= 0.3 is 0 Å². The zero-order valence-electron chi connectivity index (χ0n) is 10.2. The van der Waals surface area contributed by atoms with Crippen LogP contribution in [0.2, 0.25) is 0 Å². The van der Waals surface area contributed by atoms with E-state index in [4.69, 9.17) is 6.42 Å². The van der Waals surface area contributed by atoms with E-state index in [0.29, 0.717) is 17.7 Å². The fraction of sp³-hybridized carbons (Fsp3) is 0.357. The first-order chi connectivity index (χ1) is 8.54. The summed E-state index contributed by atoms with van der Waals surface area (Å²) < 4.78 is 0. The minimum Gasteiger partial charge on any atom is -0.390 e. The molecule has 18 heavy (non-hydrogen) atoms. The maximum Gasteiger partial charge on any atom is 0.185 e. The van der Waals surface area contributed by atoms with Gasteiger partial charge in [0.25, 0.3) is 0 Å². The molecule has 1 aromatic rings. The van der Waals surface area contributed by atoms with Crippen LogP contribution in [0.1, 0.15) is 30.6 Å². The van der Waals surface area contributed by atoms with E-state index in [2.05, 4.69) is 5.92 Å². The summed E-state index contributed by atoms with van der Waals surface area (Å²) in [7, 11) is 0. The number of aliphatic hydroxyl groups is 2. The Bertz CT molecular complexity index is 433. The Morgan fingerprint density at radius 2 is 2.00 bits per heavy atom. The van der Waals surface area contributed by atoms with Crippen molar-refractivity contribution in [2.45, 2.75) is 25.6 Å². The second-order valence-corrected chi connectivity index (χ2v) is 5.18. The Kier molecular flexibility index (Phi) is 5.93. The Balaban J connectivity index is 2.54. The number of hydrogen-bond donors (Lipinski definition) is 2. The highest BCUT2D eigenvalue weighted by Crippen LogP contribution is 2.20. The molecule has 0 saturated carbocycles. The lowest BCUT2D eigenvalue weighted by atomic mass is 10.0. The number of hydrogen-bond acceptors (Lipinski definition) is 4. The van der Waals surface area contributed by atoms with Crippen LogP contribution in [0, 0.1) is 12.3 Å². The van der Waals surface area contributed by atoms with Crippen molar-refractivity contribution in [2.24, 2.45) is 0 Å². The van der Waals surface area contributed by atoms with Gasteiger partial charge in [-0.15, -0.1) is 6.42 Å². The SMILES string of the molecule is C#Cc1ccc(C(O)C(O)CCSC(C)=O)cc1. The predicted octanol–water partition coefficient (Wildman–Crippen LogP) is 1.73. The van der Waals surface area contributed by atoms with E-state index < -0.39 is 12.2 Å². The number of thioether (sulfide) groups is 1. The normalized spacial score (nSPS) is 13.7. The Morgan fingerprint density at radius 3 is 2.50 bits per heavy atom. The first-order valence-electron chi connectivity index (χ1n) is 5.60. The van der Waals surface area contributed by atoms with Gasteiger partial charge in [0.15, 0.2) is 5.12 Å². The van der Waals surface area contributed by atoms with Gasteiger partial charge in [-0.1, -0.05) is 29.8 Å². The van der Waals surface area contributed by atoms with E-state index in [-0.39, 0.29) is 5.12 Å². The summed E-state index contributed by atoms with van der Waals surface area (Å²) >= 11 is 1.14. The number of aliphatic hydroxyl groups excluding tert-OH is 2. The van der Waals surface area contributed by atoms with Crippen molar-refractivity contribution in [1.82, 2.24) is 0 Å². The summed E-state index contributed by atoms with van der Waals surface area (Å²) in [6.45, 7) is 1.48. The Morgan fingerprint density at radius 1 is 1.39 bits per heavy atom. The van der Waals surface area contributed by atoms with Crippen LogP contribution in [-0.2, 0) is 4.79 Å². The molecule has 2 atom stereocenters. The van der Waals surface area contributed by atoms with Crippen molar-refractivity contribution in [3.05, 3.63) is 35.4 Å². The van der Waals surface area contributed by atoms with Gasteiger partial charge in [0.2, 0.25) is 0 Å². The third-order valence-corrected chi connectivity index (χ3v) is 3.35. The van der Waals surface area contributed by atoms with E-state index in [1.165, 1.54) is 6.92 Å². The third-order valence-electron chi connectivity index (χ3n) is 2.50. The molecule has 0 spiro atoms. The molecule has 0 aliphatic heterocycles. The first-order valence-corrected chi connectivity index (χ1v) is 6.59. The molecular weight excluding hydrogens is 248 g/mol. The quantitative estimate of drug-likeness (QED) is 0.795. The van der Waals surface area contributed by atoms with E-state index in [0.717, 1.165) is 17.3 Å². The summed E-state index contributed by atoms with van der Waals surface area (Å²) in [4.78, 5) is 10.7. The highest BCUT2D eigenvalue weighted by Gasteiger charge is 2.18. The second kappa shape index (κ2) is 7.22. The Labute approximate surface area is 111 Å². The van der Waals surface area contributed by atoms with Crippen LogP contribution >= 0.6 is 11.8 Å². The van der Waals surface area contributed by atoms with Gasteiger partial charge in [0.05, 0.1) is 6.10 Å². The van der Waals surface area contributed by atoms with E-state index in [9.17, 15) is 15.0 Å². The van der Waals surface area contributed by atoms with Crippen molar-refractivity contribution in [1.29, 1.82) is 0 Å². The van der Waals surface area contributed by atoms with Gasteiger partial charge in [0.1, 0.15) is 6.10 Å². The van der Waals surface area contributed by atoms with Crippen LogP contribution in [0.4, 0.5) is 0 Å². The van der Waals surface area contributed by atoms with E-state index in [1.807, 2.05) is 0 Å². The summed E-state index contributed by atoms with van der Waals surface area (Å²) in [5, 5.41) is 19.7. The summed E-state index contributed by atoms with van der Waals surface area (Å²) in [6, 6.07) is 6.83. The topological polar surface area (TPSA) is 57.5 Å². The van der Waals surface area contributed by atoms with Gasteiger partial charge in [-0.2, -0.15) is 0 Å². The molecule has 2 N–H and O–H groups in total. The highest BCUT2D eigenvalue weighted by atomic mass is 32.2. The summed E-state index contributed by atoms with van der Waals surface area (Å²) in [5.74, 6) is 2.98. The van der Waals surface area contributed by atoms with E-state index in [1.54, 1.807) is 24.3 Å². The molecule has 96 valence electrons. The van der Waals surface area contributed by atoms with Crippen molar-refractivity contribution in [3.63, 3.8) is 0 Å². The Hall–Kier alpha value is -1.28. The van der Waals surface area contributed by atoms with Gasteiger partial charge in [-0.25, -0.2) is 0 Å². The zero-order chi connectivity index (χ0) is 13.5. The summed E-state index contributed by atoms with van der Waals surface area (Å²) in [6.07, 6.45) is 3.76. The van der Waals surface area contributed by atoms with E-state index >= 15 is 0 Å². The van der Waals surface area contributed by atoms with Gasteiger partial charge in [-0.05, 0) is 24.1 Å². The predicted molar refractivity (Wildman–Crippen MR) is 73.1 cm³/mol. The molecule has 4 heteroatoms. The van der Waals surface area contributed by atoms with Crippen molar-refractivity contribution in [2.75, 3.05) is 5.75 Å². The number of carbonyl (C=O) groups is 1. The molecule has 0 heterocycles. The van der Waals surface area contributed by atoms with Crippen molar-refractivity contribution >= 4 is 16.9 Å². The number of rotatable bonds is 5. The minimum absolute atomic E-state index is 0.00932. The molecule has 0 fully saturated rings. The average Bonchev–Trinajstić information content (AvgIpc) is 2.37. The average molecular weight is 264 g/mol. The van der Waals surface area contributed by atoms with Gasteiger partial charge in [0, 0.05) is 18.2 Å². The van der Waals surface area contributed by atoms with Gasteiger partial charge in [-0.3, -0.25) is 4.79 Å². The smallest absolute Gasteiger partial charge is 0.185 e. The maximum absolute atomic E-state index is 10.7. The third kappa shape index (κ3) is 4.53. The van der Waals surface area contributed by atoms with Crippen LogP contribution in [0.25, 0.3) is 0 Å². The standard InChI is InChI=1S/C14H16O3S/c1-3-11-4-6-12(7-5-11)14(17)13(16)8-9-18-10(2)15/h1,4-7,13-14,16-17H,8-9H2,2H3. The fourth-order valence-electron chi connectivity index (χ4n) is 1.48. The lowest BCUT2D eigenvalue weighted by Crippen LogP contribution is -2.19. The van der Waals surface area contributed by atoms with Crippen LogP contribution in [0.15, 0.2) is 24.3 Å². The lowest BCUT2D eigenvalue weighted by molar-refractivity contribution is -0.109. The second-order valence-electron chi connectivity index (χ2n) is 3.91. The number of terminal acetylenes is 1. The number of benzene rings is 1. The van der Waals surface area contributed by atoms with Crippen molar-refractivity contribution in [3.8, 4) is 12.3 Å². The van der Waals surface area contributed by atoms with Crippen molar-refractivity contribution < 1.29 is 15.0 Å². The summed E-state index contributed by atoms with van der Waals surface area (Å²) in [5.41, 5.74) is 1.35. The molecule has 1 aromatic carbocycles. The molecule has 1 rings (SSSR count). The molecule has 0 bridgehead atoms. The number of carbonyl (C=O) groups excluding carboxylic acids is 1. The minimum atomic E-state index is -0.954. The fourth-order valence-corrected chi connectivity index (χ4v) is 2.13. The highest BCUT2D eigenvalue weighted by molar-refractivity contribution is 8.13. The molecule has 3 nitrogen and oxygen atoms in total. The molecule has 0 saturated heterocycles. The van der Waals surface area contributed by atoms with Crippen LogP contribution < -0.4 is 0 Å². The first kappa shape index (κ1) is 14.8. The molecule has 0 aliphatic carbocycles. The van der Waals surface area contributed by atoms with Crippen LogP contribution in [0.5, 0.6) is 0 Å². The van der Waals surface area contributed by atoms with Crippen LogP contribution in [0.3, 0.4) is 0 Å². The monoisotopic (exact) mass is 264 g/mol. The molecule has 0 radical (unpaired) electrons. The molecule has 2 unspecified atom stereocenters. The van der Waals surface area contributed by atoms with Gasteiger partial charge < -0.3 is 10.2 Å². The molecule has 0 aliphatic rings.